The molecule has 0 spiro atoms. The largest absolute Gasteiger partial charge is 0.453 e. The van der Waals surface area contributed by atoms with Gasteiger partial charge >= 0.3 is 0 Å². The maximum atomic E-state index is 6.74. The van der Waals surface area contributed by atoms with Gasteiger partial charge in [0.2, 0.25) is 0 Å². The van der Waals surface area contributed by atoms with E-state index >= 15 is 0 Å². The highest BCUT2D eigenvalue weighted by atomic mass is 79.9. The molecule has 0 N–H and O–H groups in total. The summed E-state index contributed by atoms with van der Waals surface area (Å²) in [5.74, 6) is 3.38. The fraction of sp³-hybridized carbons (Fsp3) is 0.348. The normalized spacial score (nSPS) is 14.2. The van der Waals surface area contributed by atoms with Crippen LogP contribution in [-0.2, 0) is 21.7 Å². The molecule has 7 rings (SSSR count). The van der Waals surface area contributed by atoms with Gasteiger partial charge in [0, 0.05) is 8.95 Å². The van der Waals surface area contributed by atoms with Gasteiger partial charge < -0.3 is 19.3 Å². The van der Waals surface area contributed by atoms with Gasteiger partial charge in [-0.2, -0.15) is 0 Å². The molecule has 0 aliphatic carbocycles. The second-order valence-electron chi connectivity index (χ2n) is 18.4. The Kier molecular flexibility index (Phi) is 8.74. The van der Waals surface area contributed by atoms with E-state index in [0.717, 1.165) is 66.1 Å². The van der Waals surface area contributed by atoms with Crippen LogP contribution in [0.25, 0.3) is 0 Å². The molecule has 5 aromatic rings. The molecular weight excluding hydrogens is 772 g/mol. The number of rotatable bonds is 2. The molecule has 2 aliphatic heterocycles. The van der Waals surface area contributed by atoms with Gasteiger partial charge in [0.1, 0.15) is 0 Å². The van der Waals surface area contributed by atoms with Gasteiger partial charge in [0.15, 0.2) is 23.0 Å². The van der Waals surface area contributed by atoms with Gasteiger partial charge in [-0.25, -0.2) is 0 Å². The zero-order valence-corrected chi connectivity index (χ0v) is 35.7. The minimum atomic E-state index is -0.0198. The van der Waals surface area contributed by atoms with Gasteiger partial charge in [0.25, 0.3) is 0 Å². The van der Waals surface area contributed by atoms with Crippen molar-refractivity contribution >= 4 is 66.0 Å². The summed E-state index contributed by atoms with van der Waals surface area (Å²) >= 11 is 8.15. The summed E-state index contributed by atoms with van der Waals surface area (Å²) < 4.78 is 15.4. The lowest BCUT2D eigenvalue weighted by Gasteiger charge is -2.37. The number of ether oxygens (including phenoxy) is 2. The molecule has 0 saturated heterocycles. The van der Waals surface area contributed by atoms with Gasteiger partial charge in [-0.15, -0.1) is 0 Å². The molecule has 6 heteroatoms. The van der Waals surface area contributed by atoms with E-state index in [2.05, 4.69) is 210 Å². The van der Waals surface area contributed by atoms with Crippen LogP contribution < -0.4 is 19.3 Å². The Morgan fingerprint density at radius 1 is 0.346 bits per heavy atom. The summed E-state index contributed by atoms with van der Waals surface area (Å²) in [6.45, 7) is 26.9. The second-order valence-corrected chi connectivity index (χ2v) is 20.1. The predicted molar refractivity (Wildman–Crippen MR) is 226 cm³/mol. The van der Waals surface area contributed by atoms with Crippen LogP contribution in [0.2, 0.25) is 0 Å². The molecule has 270 valence electrons. The number of anilines is 6. The molecule has 0 bridgehead atoms. The molecule has 4 nitrogen and oxygen atoms in total. The number of fused-ring (bicyclic) bond motifs is 4. The van der Waals surface area contributed by atoms with E-state index in [1.807, 2.05) is 0 Å². The van der Waals surface area contributed by atoms with Crippen molar-refractivity contribution in [2.24, 2.45) is 0 Å². The van der Waals surface area contributed by atoms with Crippen LogP contribution in [0, 0.1) is 0 Å². The summed E-state index contributed by atoms with van der Waals surface area (Å²) in [7, 11) is 0. The van der Waals surface area contributed by atoms with E-state index in [1.54, 1.807) is 0 Å². The van der Waals surface area contributed by atoms with E-state index in [1.165, 1.54) is 22.3 Å². The van der Waals surface area contributed by atoms with Crippen molar-refractivity contribution < 1.29 is 9.47 Å². The number of hydrogen-bond donors (Lipinski definition) is 0. The topological polar surface area (TPSA) is 24.9 Å². The third kappa shape index (κ3) is 6.55. The van der Waals surface area contributed by atoms with Gasteiger partial charge in [-0.1, -0.05) is 107 Å². The van der Waals surface area contributed by atoms with Crippen molar-refractivity contribution in [2.45, 2.75) is 105 Å². The van der Waals surface area contributed by atoms with E-state index in [9.17, 15) is 0 Å². The lowest BCUT2D eigenvalue weighted by atomic mass is 9.85. The first-order valence-corrected chi connectivity index (χ1v) is 19.7. The zero-order chi connectivity index (χ0) is 37.7. The average molecular weight is 823 g/mol. The highest BCUT2D eigenvalue weighted by molar-refractivity contribution is 9.11. The summed E-state index contributed by atoms with van der Waals surface area (Å²) in [6, 6.07) is 30.9. The van der Waals surface area contributed by atoms with Crippen LogP contribution in [-0.4, -0.2) is 0 Å². The standard InChI is InChI=1S/C46H50Br2N2O2/c1-43(2,3)27-13-17-33-39(21-27)51-40-22-28(44(4,5)6)14-18-34(40)49(33)37-25-32(48)38(26-31(37)47)50-35-19-15-29(45(7,8)9)23-41(35)52-42-24-30(46(10,11)12)16-20-36(42)50/h13-26H,1-12H3. The third-order valence-electron chi connectivity index (χ3n) is 10.2. The Morgan fingerprint density at radius 3 is 0.788 bits per heavy atom. The van der Waals surface area contributed by atoms with E-state index in [-0.39, 0.29) is 21.7 Å². The molecule has 0 radical (unpaired) electrons. The summed E-state index contributed by atoms with van der Waals surface area (Å²) in [4.78, 5) is 4.64. The first-order valence-electron chi connectivity index (χ1n) is 18.1. The van der Waals surface area contributed by atoms with Crippen molar-refractivity contribution in [2.75, 3.05) is 9.80 Å². The van der Waals surface area contributed by atoms with Crippen molar-refractivity contribution in [1.29, 1.82) is 0 Å². The highest BCUT2D eigenvalue weighted by Crippen LogP contribution is 2.57. The Hall–Kier alpha value is -3.74. The molecule has 5 aromatic carbocycles. The van der Waals surface area contributed by atoms with E-state index in [0.29, 0.717) is 0 Å². The second kappa shape index (κ2) is 12.4. The maximum Gasteiger partial charge on any atom is 0.151 e. The van der Waals surface area contributed by atoms with Crippen LogP contribution in [0.4, 0.5) is 34.1 Å². The molecule has 0 aromatic heterocycles. The lowest BCUT2D eigenvalue weighted by molar-refractivity contribution is 0.469. The molecule has 2 heterocycles. The zero-order valence-electron chi connectivity index (χ0n) is 32.5. The fourth-order valence-electron chi connectivity index (χ4n) is 6.87. The minimum absolute atomic E-state index is 0.0198. The monoisotopic (exact) mass is 820 g/mol. The Morgan fingerprint density at radius 2 is 0.577 bits per heavy atom. The van der Waals surface area contributed by atoms with Crippen LogP contribution >= 0.6 is 31.9 Å². The molecule has 0 fully saturated rings. The van der Waals surface area contributed by atoms with Crippen molar-refractivity contribution in [3.63, 3.8) is 0 Å². The van der Waals surface area contributed by atoms with Crippen LogP contribution in [0.3, 0.4) is 0 Å². The van der Waals surface area contributed by atoms with Crippen molar-refractivity contribution in [3.8, 4) is 23.0 Å². The Balaban J connectivity index is 1.41. The fourth-order valence-corrected chi connectivity index (χ4v) is 7.89. The highest BCUT2D eigenvalue weighted by Gasteiger charge is 2.34. The number of benzene rings is 5. The Bertz CT molecular complexity index is 1940. The van der Waals surface area contributed by atoms with Gasteiger partial charge in [0.05, 0.1) is 34.1 Å². The molecule has 0 saturated carbocycles. The average Bonchev–Trinajstić information content (AvgIpc) is 3.04. The van der Waals surface area contributed by atoms with Crippen LogP contribution in [0.15, 0.2) is 93.9 Å². The molecular formula is C46H50Br2N2O2. The molecule has 0 atom stereocenters. The SMILES string of the molecule is CC(C)(C)c1ccc2c(c1)Oc1cc(C(C)(C)C)ccc1N2c1cc(Br)c(N2c3ccc(C(C)(C)C)cc3Oc3cc(C(C)(C)C)ccc32)cc1Br. The number of hydrogen-bond acceptors (Lipinski definition) is 4. The third-order valence-corrected chi connectivity index (χ3v) is 11.5. The summed E-state index contributed by atoms with van der Waals surface area (Å²) in [5, 5.41) is 0. The van der Waals surface area contributed by atoms with Crippen LogP contribution in [0.1, 0.15) is 105 Å². The quantitative estimate of drug-likeness (QED) is 0.173. The smallest absolute Gasteiger partial charge is 0.151 e. The van der Waals surface area contributed by atoms with Crippen LogP contribution in [0.5, 0.6) is 23.0 Å². The van der Waals surface area contributed by atoms with Crippen molar-refractivity contribution in [1.82, 2.24) is 0 Å². The Labute approximate surface area is 327 Å². The van der Waals surface area contributed by atoms with E-state index < -0.39 is 0 Å². The molecule has 0 amide bonds. The summed E-state index contributed by atoms with van der Waals surface area (Å²) in [5.41, 5.74) is 10.8. The molecule has 0 unspecified atom stereocenters. The lowest BCUT2D eigenvalue weighted by Crippen LogP contribution is -2.21. The summed E-state index contributed by atoms with van der Waals surface area (Å²) in [6.07, 6.45) is 0. The number of halogens is 2. The molecule has 2 aliphatic rings. The maximum absolute atomic E-state index is 6.74. The number of nitrogens with zero attached hydrogens (tertiary/aromatic N) is 2. The minimum Gasteiger partial charge on any atom is -0.453 e. The first kappa shape index (κ1) is 36.6. The van der Waals surface area contributed by atoms with Gasteiger partial charge in [-0.05, 0) is 136 Å². The van der Waals surface area contributed by atoms with E-state index in [4.69, 9.17) is 9.47 Å². The predicted octanol–water partition coefficient (Wildman–Crippen LogP) is 15.6. The van der Waals surface area contributed by atoms with Crippen molar-refractivity contribution in [3.05, 3.63) is 116 Å². The van der Waals surface area contributed by atoms with Gasteiger partial charge in [-0.3, -0.25) is 0 Å². The first-order chi connectivity index (χ1) is 24.1. The molecule has 52 heavy (non-hydrogen) atoms.